The highest BCUT2D eigenvalue weighted by atomic mass is 15.3. The zero-order chi connectivity index (χ0) is 15.2. The number of hydrogen-bond acceptors (Lipinski definition) is 2. The minimum atomic E-state index is 0.530. The molecule has 3 rings (SSSR count). The molecule has 0 spiro atoms. The second kappa shape index (κ2) is 7.11. The highest BCUT2D eigenvalue weighted by molar-refractivity contribution is 5.78. The summed E-state index contributed by atoms with van der Waals surface area (Å²) in [6.45, 7) is 2.57. The molecule has 0 unspecified atom stereocenters. The number of hydrogen-bond donors (Lipinski definition) is 1. The molecule has 0 aliphatic carbocycles. The van der Waals surface area contributed by atoms with Gasteiger partial charge in [-0.2, -0.15) is 5.10 Å². The van der Waals surface area contributed by atoms with E-state index in [2.05, 4.69) is 15.0 Å². The van der Waals surface area contributed by atoms with Gasteiger partial charge >= 0.3 is 0 Å². The first-order valence-corrected chi connectivity index (χ1v) is 7.98. The van der Waals surface area contributed by atoms with Gasteiger partial charge < -0.3 is 10.6 Å². The summed E-state index contributed by atoms with van der Waals surface area (Å²) >= 11 is 0. The fraction of sp³-hybridized carbons (Fsp3) is 0.412. The van der Waals surface area contributed by atoms with Gasteiger partial charge in [-0.15, -0.1) is 0 Å². The van der Waals surface area contributed by atoms with Crippen molar-refractivity contribution in [3.8, 4) is 5.69 Å². The van der Waals surface area contributed by atoms with Gasteiger partial charge in [-0.25, -0.2) is 9.67 Å². The van der Waals surface area contributed by atoms with E-state index in [0.29, 0.717) is 12.5 Å². The third-order valence-corrected chi connectivity index (χ3v) is 4.00. The molecule has 0 bridgehead atoms. The third-order valence-electron chi connectivity index (χ3n) is 4.00. The quantitative estimate of drug-likeness (QED) is 0.699. The topological polar surface area (TPSA) is 59.4 Å². The molecule has 116 valence electrons. The summed E-state index contributed by atoms with van der Waals surface area (Å²) in [5.41, 5.74) is 8.11. The Bertz CT molecular complexity index is 609. The zero-order valence-electron chi connectivity index (χ0n) is 12.9. The number of benzene rings is 1. The molecule has 2 heterocycles. The number of likely N-dealkylation sites (tertiary alicyclic amines) is 1. The first kappa shape index (κ1) is 14.6. The molecule has 0 atom stereocenters. The summed E-state index contributed by atoms with van der Waals surface area (Å²) in [4.78, 5) is 6.71. The van der Waals surface area contributed by atoms with Gasteiger partial charge in [-0.05, 0) is 31.0 Å². The van der Waals surface area contributed by atoms with E-state index in [1.807, 2.05) is 47.3 Å². The van der Waals surface area contributed by atoms with Gasteiger partial charge in [0.05, 0.1) is 17.9 Å². The van der Waals surface area contributed by atoms with Crippen molar-refractivity contribution in [3.63, 3.8) is 0 Å². The summed E-state index contributed by atoms with van der Waals surface area (Å²) in [7, 11) is 0. The van der Waals surface area contributed by atoms with E-state index < -0.39 is 0 Å². The van der Waals surface area contributed by atoms with Gasteiger partial charge in [0.25, 0.3) is 0 Å². The molecule has 1 aliphatic rings. The molecule has 1 aromatic heterocycles. The molecule has 2 aromatic rings. The molecule has 1 saturated heterocycles. The van der Waals surface area contributed by atoms with Crippen molar-refractivity contribution in [1.29, 1.82) is 0 Å². The monoisotopic (exact) mass is 297 g/mol. The molecule has 1 aromatic carbocycles. The molecular formula is C17H23N5. The molecule has 1 fully saturated rings. The van der Waals surface area contributed by atoms with Gasteiger partial charge in [0.15, 0.2) is 5.96 Å². The SMILES string of the molecule is NC(=NCc1ccn(-c2ccccc2)n1)N1CCCCCC1. The predicted molar refractivity (Wildman–Crippen MR) is 88.9 cm³/mol. The molecule has 0 amide bonds. The second-order valence-electron chi connectivity index (χ2n) is 5.66. The van der Waals surface area contributed by atoms with Crippen LogP contribution < -0.4 is 5.73 Å². The average molecular weight is 297 g/mol. The summed E-state index contributed by atoms with van der Waals surface area (Å²) in [6, 6.07) is 12.1. The lowest BCUT2D eigenvalue weighted by Crippen LogP contribution is -2.38. The number of nitrogens with two attached hydrogens (primary N) is 1. The Kier molecular flexibility index (Phi) is 4.73. The molecule has 1 aliphatic heterocycles. The standard InChI is InChI=1S/C17H23N5/c18-17(21-11-6-1-2-7-12-21)19-14-15-10-13-22(20-15)16-8-4-3-5-9-16/h3-5,8-10,13H,1-2,6-7,11-12,14H2,(H2,18,19). The maximum atomic E-state index is 6.12. The maximum absolute atomic E-state index is 6.12. The smallest absolute Gasteiger partial charge is 0.191 e. The van der Waals surface area contributed by atoms with Crippen LogP contribution in [0.4, 0.5) is 0 Å². The number of rotatable bonds is 3. The number of guanidine groups is 1. The van der Waals surface area contributed by atoms with Crippen molar-refractivity contribution >= 4 is 5.96 Å². The lowest BCUT2D eigenvalue weighted by Gasteiger charge is -2.20. The summed E-state index contributed by atoms with van der Waals surface area (Å²) in [5, 5.41) is 4.55. The van der Waals surface area contributed by atoms with Crippen LogP contribution in [-0.4, -0.2) is 33.7 Å². The molecule has 5 nitrogen and oxygen atoms in total. The van der Waals surface area contributed by atoms with E-state index in [4.69, 9.17) is 5.73 Å². The van der Waals surface area contributed by atoms with Crippen LogP contribution in [0.3, 0.4) is 0 Å². The highest BCUT2D eigenvalue weighted by Gasteiger charge is 2.10. The molecule has 5 heteroatoms. The molecule has 2 N–H and O–H groups in total. The summed E-state index contributed by atoms with van der Waals surface area (Å²) < 4.78 is 1.87. The highest BCUT2D eigenvalue weighted by Crippen LogP contribution is 2.10. The Labute approximate surface area is 131 Å². The van der Waals surface area contributed by atoms with E-state index >= 15 is 0 Å². The lowest BCUT2D eigenvalue weighted by atomic mass is 10.2. The number of aliphatic imine (C=N–C) groups is 1. The van der Waals surface area contributed by atoms with Crippen molar-refractivity contribution in [1.82, 2.24) is 14.7 Å². The van der Waals surface area contributed by atoms with E-state index in [0.717, 1.165) is 24.5 Å². The molecule has 0 radical (unpaired) electrons. The van der Waals surface area contributed by atoms with Gasteiger partial charge in [0.2, 0.25) is 0 Å². The van der Waals surface area contributed by atoms with Crippen LogP contribution in [0.1, 0.15) is 31.4 Å². The second-order valence-corrected chi connectivity index (χ2v) is 5.66. The Hall–Kier alpha value is -2.30. The van der Waals surface area contributed by atoms with Gasteiger partial charge in [0, 0.05) is 19.3 Å². The third kappa shape index (κ3) is 3.67. The van der Waals surface area contributed by atoms with Crippen molar-refractivity contribution in [3.05, 3.63) is 48.3 Å². The normalized spacial score (nSPS) is 16.5. The molecule has 22 heavy (non-hydrogen) atoms. The van der Waals surface area contributed by atoms with E-state index in [9.17, 15) is 0 Å². The Morgan fingerprint density at radius 2 is 1.77 bits per heavy atom. The Morgan fingerprint density at radius 1 is 1.05 bits per heavy atom. The fourth-order valence-corrected chi connectivity index (χ4v) is 2.73. The van der Waals surface area contributed by atoms with Crippen molar-refractivity contribution < 1.29 is 0 Å². The van der Waals surface area contributed by atoms with Gasteiger partial charge in [-0.1, -0.05) is 31.0 Å². The van der Waals surface area contributed by atoms with Crippen molar-refractivity contribution in [2.75, 3.05) is 13.1 Å². The first-order chi connectivity index (χ1) is 10.8. The van der Waals surface area contributed by atoms with Crippen LogP contribution in [0.25, 0.3) is 5.69 Å². The van der Waals surface area contributed by atoms with Crippen LogP contribution in [-0.2, 0) is 6.54 Å². The lowest BCUT2D eigenvalue weighted by molar-refractivity contribution is 0.428. The van der Waals surface area contributed by atoms with Gasteiger partial charge in [0.1, 0.15) is 0 Å². The average Bonchev–Trinajstić information content (AvgIpc) is 2.87. The molecule has 0 saturated carbocycles. The zero-order valence-corrected chi connectivity index (χ0v) is 12.9. The minimum absolute atomic E-state index is 0.530. The summed E-state index contributed by atoms with van der Waals surface area (Å²) in [6.07, 6.45) is 6.97. The summed E-state index contributed by atoms with van der Waals surface area (Å²) in [5.74, 6) is 0.649. The number of nitrogens with zero attached hydrogens (tertiary/aromatic N) is 4. The van der Waals surface area contributed by atoms with Crippen molar-refractivity contribution in [2.24, 2.45) is 10.7 Å². The fourth-order valence-electron chi connectivity index (χ4n) is 2.73. The first-order valence-electron chi connectivity index (χ1n) is 7.98. The maximum Gasteiger partial charge on any atom is 0.191 e. The van der Waals surface area contributed by atoms with Crippen molar-refractivity contribution in [2.45, 2.75) is 32.2 Å². The van der Waals surface area contributed by atoms with Crippen LogP contribution >= 0.6 is 0 Å². The predicted octanol–water partition coefficient (Wildman–Crippen LogP) is 2.56. The van der Waals surface area contributed by atoms with Crippen LogP contribution in [0.2, 0.25) is 0 Å². The van der Waals surface area contributed by atoms with Gasteiger partial charge in [-0.3, -0.25) is 0 Å². The number of para-hydroxylation sites is 1. The number of aromatic nitrogens is 2. The van der Waals surface area contributed by atoms with Crippen LogP contribution in [0.5, 0.6) is 0 Å². The van der Waals surface area contributed by atoms with E-state index in [-0.39, 0.29) is 0 Å². The minimum Gasteiger partial charge on any atom is -0.370 e. The Balaban J connectivity index is 1.63. The molecular weight excluding hydrogens is 274 g/mol. The van der Waals surface area contributed by atoms with Crippen LogP contribution in [0, 0.1) is 0 Å². The Morgan fingerprint density at radius 3 is 2.50 bits per heavy atom. The van der Waals surface area contributed by atoms with Crippen LogP contribution in [0.15, 0.2) is 47.6 Å². The van der Waals surface area contributed by atoms with E-state index in [1.165, 1.54) is 25.7 Å². The van der Waals surface area contributed by atoms with E-state index in [1.54, 1.807) is 0 Å². The largest absolute Gasteiger partial charge is 0.370 e.